The first kappa shape index (κ1) is 17.1. The molecule has 0 atom stereocenters. The summed E-state index contributed by atoms with van der Waals surface area (Å²) in [6, 6.07) is 12.2. The third-order valence-electron chi connectivity index (χ3n) is 3.50. The van der Waals surface area contributed by atoms with Crippen LogP contribution in [0.2, 0.25) is 5.02 Å². The van der Waals surface area contributed by atoms with Crippen LogP contribution in [0, 0.1) is 5.82 Å². The summed E-state index contributed by atoms with van der Waals surface area (Å²) < 4.78 is 14.1. The average Bonchev–Trinajstić information content (AvgIpc) is 2.48. The molecule has 112 valence electrons. The molecule has 0 N–H and O–H groups in total. The van der Waals surface area contributed by atoms with Crippen LogP contribution in [0.1, 0.15) is 11.1 Å². The maximum atomic E-state index is 13.2. The molecule has 5 heteroatoms. The fourth-order valence-corrected chi connectivity index (χ4v) is 3.99. The molecule has 0 unspecified atom stereocenters. The molecule has 2 rings (SSSR count). The second-order valence-corrected chi connectivity index (χ2v) is 6.74. The van der Waals surface area contributed by atoms with E-state index in [1.165, 1.54) is 12.1 Å². The van der Waals surface area contributed by atoms with Crippen LogP contribution in [-0.2, 0) is 11.8 Å². The second kappa shape index (κ2) is 7.32. The van der Waals surface area contributed by atoms with Crippen LogP contribution >= 0.6 is 50.7 Å². The Morgan fingerprint density at radius 1 is 1.05 bits per heavy atom. The van der Waals surface area contributed by atoms with Crippen molar-refractivity contribution in [2.45, 2.75) is 11.8 Å². The van der Waals surface area contributed by atoms with Crippen molar-refractivity contribution in [1.82, 2.24) is 0 Å². The lowest BCUT2D eigenvalue weighted by Gasteiger charge is -2.31. The second-order valence-electron chi connectivity index (χ2n) is 4.94. The summed E-state index contributed by atoms with van der Waals surface area (Å²) >= 11 is 22.2. The molecule has 0 heterocycles. The van der Waals surface area contributed by atoms with E-state index < -0.39 is 5.41 Å². The molecule has 0 saturated heterocycles. The van der Waals surface area contributed by atoms with Gasteiger partial charge >= 0.3 is 0 Å². The molecule has 0 spiro atoms. The van der Waals surface area contributed by atoms with Crippen LogP contribution in [0.25, 0.3) is 0 Å². The lowest BCUT2D eigenvalue weighted by molar-refractivity contribution is 0.532. The van der Waals surface area contributed by atoms with Crippen molar-refractivity contribution in [2.24, 2.45) is 0 Å². The van der Waals surface area contributed by atoms with Crippen molar-refractivity contribution in [3.8, 4) is 0 Å². The van der Waals surface area contributed by atoms with Gasteiger partial charge in [0.1, 0.15) is 5.82 Å². The van der Waals surface area contributed by atoms with Crippen molar-refractivity contribution in [2.75, 3.05) is 11.8 Å². The fraction of sp³-hybridized carbons (Fsp3) is 0.250. The van der Waals surface area contributed by atoms with Gasteiger partial charge in [0.15, 0.2) is 0 Å². The van der Waals surface area contributed by atoms with Crippen LogP contribution < -0.4 is 0 Å². The Morgan fingerprint density at radius 3 is 2.29 bits per heavy atom. The maximum Gasteiger partial charge on any atom is 0.124 e. The number of halogens is 5. The van der Waals surface area contributed by atoms with E-state index in [2.05, 4.69) is 15.9 Å². The SMILES string of the molecule is Fc1ccc(CC(CCl)(CCl)c2ccccc2Br)c(Cl)c1. The minimum absolute atomic E-state index is 0.340. The molecular formula is C16H13BrCl3F. The summed E-state index contributed by atoms with van der Waals surface area (Å²) in [6.45, 7) is 0. The molecule has 0 aliphatic carbocycles. The zero-order valence-electron chi connectivity index (χ0n) is 11.1. The summed E-state index contributed by atoms with van der Waals surface area (Å²) in [6.07, 6.45) is 0.543. The van der Waals surface area contributed by atoms with Gasteiger partial charge in [0.2, 0.25) is 0 Å². The van der Waals surface area contributed by atoms with Gasteiger partial charge in [-0.25, -0.2) is 4.39 Å². The summed E-state index contributed by atoms with van der Waals surface area (Å²) in [5, 5.41) is 0.390. The topological polar surface area (TPSA) is 0 Å². The van der Waals surface area contributed by atoms with Crippen molar-refractivity contribution in [1.29, 1.82) is 0 Å². The van der Waals surface area contributed by atoms with Gasteiger partial charge < -0.3 is 0 Å². The van der Waals surface area contributed by atoms with E-state index in [0.29, 0.717) is 23.2 Å². The van der Waals surface area contributed by atoms with Gasteiger partial charge in [-0.15, -0.1) is 23.2 Å². The Kier molecular flexibility index (Phi) is 5.96. The number of hydrogen-bond acceptors (Lipinski definition) is 0. The van der Waals surface area contributed by atoms with Gasteiger partial charge in [-0.2, -0.15) is 0 Å². The molecule has 0 bridgehead atoms. The molecule has 0 amide bonds. The van der Waals surface area contributed by atoms with Crippen LogP contribution in [0.4, 0.5) is 4.39 Å². The lowest BCUT2D eigenvalue weighted by Crippen LogP contribution is -2.34. The summed E-state index contributed by atoms with van der Waals surface area (Å²) in [7, 11) is 0. The largest absolute Gasteiger partial charge is 0.207 e. The molecule has 0 nitrogen and oxygen atoms in total. The molecule has 0 aliphatic heterocycles. The molecule has 2 aromatic rings. The van der Waals surface area contributed by atoms with E-state index in [-0.39, 0.29) is 5.82 Å². The number of alkyl halides is 2. The first-order valence-corrected chi connectivity index (χ1v) is 8.57. The van der Waals surface area contributed by atoms with Crippen molar-refractivity contribution in [3.05, 3.63) is 68.9 Å². The van der Waals surface area contributed by atoms with Gasteiger partial charge in [-0.1, -0.05) is 51.8 Å². The van der Waals surface area contributed by atoms with Gasteiger partial charge in [0.25, 0.3) is 0 Å². The standard InChI is InChI=1S/C16H13BrCl3F/c17-14-4-2-1-3-13(14)16(9-18,10-19)8-11-5-6-12(21)7-15(11)20/h1-7H,8-10H2. The summed E-state index contributed by atoms with van der Waals surface area (Å²) in [4.78, 5) is 0. The van der Waals surface area contributed by atoms with E-state index in [9.17, 15) is 4.39 Å². The van der Waals surface area contributed by atoms with Gasteiger partial charge in [0, 0.05) is 26.7 Å². The van der Waals surface area contributed by atoms with Crippen LogP contribution in [0.5, 0.6) is 0 Å². The van der Waals surface area contributed by atoms with Crippen molar-refractivity contribution < 1.29 is 4.39 Å². The molecule has 0 radical (unpaired) electrons. The predicted molar refractivity (Wildman–Crippen MR) is 92.4 cm³/mol. The van der Waals surface area contributed by atoms with Gasteiger partial charge in [-0.05, 0) is 35.7 Å². The highest BCUT2D eigenvalue weighted by Gasteiger charge is 2.33. The average molecular weight is 411 g/mol. The minimum Gasteiger partial charge on any atom is -0.207 e. The lowest BCUT2D eigenvalue weighted by atomic mass is 9.78. The van der Waals surface area contributed by atoms with Crippen LogP contribution in [0.15, 0.2) is 46.9 Å². The molecule has 2 aromatic carbocycles. The van der Waals surface area contributed by atoms with Crippen molar-refractivity contribution >= 4 is 50.7 Å². The smallest absolute Gasteiger partial charge is 0.124 e. The van der Waals surface area contributed by atoms with Gasteiger partial charge in [0.05, 0.1) is 0 Å². The molecular weight excluding hydrogens is 397 g/mol. The van der Waals surface area contributed by atoms with Crippen LogP contribution in [0.3, 0.4) is 0 Å². The maximum absolute atomic E-state index is 13.2. The molecule has 0 aromatic heterocycles. The van der Waals surface area contributed by atoms with Crippen LogP contribution in [-0.4, -0.2) is 11.8 Å². The highest BCUT2D eigenvalue weighted by molar-refractivity contribution is 9.10. The highest BCUT2D eigenvalue weighted by Crippen LogP contribution is 2.37. The number of rotatable bonds is 5. The summed E-state index contributed by atoms with van der Waals surface area (Å²) in [5.74, 6) is 0.326. The van der Waals surface area contributed by atoms with E-state index in [4.69, 9.17) is 34.8 Å². The Hall–Kier alpha value is -0.280. The monoisotopic (exact) mass is 408 g/mol. The van der Waals surface area contributed by atoms with Crippen molar-refractivity contribution in [3.63, 3.8) is 0 Å². The Balaban J connectivity index is 2.46. The molecule has 0 saturated carbocycles. The predicted octanol–water partition coefficient (Wildman–Crippen LogP) is 6.20. The van der Waals surface area contributed by atoms with Gasteiger partial charge in [-0.3, -0.25) is 0 Å². The molecule has 0 fully saturated rings. The quantitative estimate of drug-likeness (QED) is 0.515. The highest BCUT2D eigenvalue weighted by atomic mass is 79.9. The van der Waals surface area contributed by atoms with E-state index in [0.717, 1.165) is 15.6 Å². The third-order valence-corrected chi connectivity index (χ3v) is 5.57. The molecule has 0 aliphatic rings. The zero-order valence-corrected chi connectivity index (χ0v) is 14.9. The number of benzene rings is 2. The number of hydrogen-bond donors (Lipinski definition) is 0. The van der Waals surface area contributed by atoms with E-state index >= 15 is 0 Å². The first-order chi connectivity index (χ1) is 10.0. The third kappa shape index (κ3) is 3.73. The zero-order chi connectivity index (χ0) is 15.5. The Labute approximate surface area is 147 Å². The first-order valence-electron chi connectivity index (χ1n) is 6.33. The minimum atomic E-state index is -0.468. The normalized spacial score (nSPS) is 11.7. The Morgan fingerprint density at radius 2 is 1.71 bits per heavy atom. The van der Waals surface area contributed by atoms with E-state index in [1.807, 2.05) is 24.3 Å². The fourth-order valence-electron chi connectivity index (χ4n) is 2.29. The Bertz CT molecular complexity index is 627. The molecule has 21 heavy (non-hydrogen) atoms. The summed E-state index contributed by atoms with van der Waals surface area (Å²) in [5.41, 5.74) is 1.38. The van der Waals surface area contributed by atoms with E-state index in [1.54, 1.807) is 6.07 Å².